The van der Waals surface area contributed by atoms with E-state index in [9.17, 15) is 4.79 Å². The molecule has 5 heteroatoms. The van der Waals surface area contributed by atoms with Gasteiger partial charge in [0.1, 0.15) is 5.69 Å². The summed E-state index contributed by atoms with van der Waals surface area (Å²) in [5.41, 5.74) is 2.26. The fraction of sp³-hybridized carbons (Fsp3) is 0.353. The van der Waals surface area contributed by atoms with Crippen molar-refractivity contribution in [2.24, 2.45) is 0 Å². The van der Waals surface area contributed by atoms with Crippen LogP contribution < -0.4 is 10.6 Å². The normalized spacial score (nSPS) is 15.2. The Hall–Kier alpha value is -2.43. The molecule has 1 amide bonds. The van der Waals surface area contributed by atoms with Gasteiger partial charge in [-0.1, -0.05) is 30.3 Å². The lowest BCUT2D eigenvalue weighted by molar-refractivity contribution is 0.0934. The van der Waals surface area contributed by atoms with Crippen molar-refractivity contribution in [2.75, 3.05) is 5.32 Å². The molecule has 3 rings (SSSR count). The highest BCUT2D eigenvalue weighted by atomic mass is 16.1. The first-order valence-electron chi connectivity index (χ1n) is 7.60. The fourth-order valence-electron chi connectivity index (χ4n) is 2.26. The lowest BCUT2D eigenvalue weighted by Gasteiger charge is -2.14. The van der Waals surface area contributed by atoms with Crippen molar-refractivity contribution in [3.8, 4) is 0 Å². The topological polar surface area (TPSA) is 66.9 Å². The highest BCUT2D eigenvalue weighted by Gasteiger charge is 2.23. The molecule has 1 fully saturated rings. The van der Waals surface area contributed by atoms with Gasteiger partial charge in [-0.05, 0) is 38.3 Å². The number of carbonyl (C=O) groups excluding carboxylic acids is 1. The van der Waals surface area contributed by atoms with Gasteiger partial charge in [-0.25, -0.2) is 9.97 Å². The highest BCUT2D eigenvalue weighted by Crippen LogP contribution is 2.23. The number of hydrogen-bond acceptors (Lipinski definition) is 4. The number of aryl methyl sites for hydroxylation is 1. The first kappa shape index (κ1) is 14.5. The monoisotopic (exact) mass is 296 g/mol. The fourth-order valence-corrected chi connectivity index (χ4v) is 2.26. The van der Waals surface area contributed by atoms with Gasteiger partial charge < -0.3 is 10.6 Å². The number of hydrogen-bond donors (Lipinski definition) is 2. The average Bonchev–Trinajstić information content (AvgIpc) is 3.31. The van der Waals surface area contributed by atoms with Crippen LogP contribution in [0.25, 0.3) is 0 Å². The molecule has 1 aromatic carbocycles. The molecule has 0 aliphatic heterocycles. The van der Waals surface area contributed by atoms with Gasteiger partial charge in [0.05, 0.1) is 6.04 Å². The van der Waals surface area contributed by atoms with Crippen molar-refractivity contribution in [3.63, 3.8) is 0 Å². The lowest BCUT2D eigenvalue weighted by Crippen LogP contribution is -2.28. The van der Waals surface area contributed by atoms with Crippen molar-refractivity contribution in [1.82, 2.24) is 15.3 Å². The molecular weight excluding hydrogens is 276 g/mol. The number of carbonyl (C=O) groups is 1. The van der Waals surface area contributed by atoms with E-state index in [0.29, 0.717) is 17.7 Å². The van der Waals surface area contributed by atoms with Crippen molar-refractivity contribution < 1.29 is 4.79 Å². The summed E-state index contributed by atoms with van der Waals surface area (Å²) in [6.07, 6.45) is 2.29. The number of nitrogens with zero attached hydrogens (tertiary/aromatic N) is 2. The van der Waals surface area contributed by atoms with E-state index in [1.165, 1.54) is 0 Å². The molecule has 2 aromatic rings. The SMILES string of the molecule is Cc1cc(C(=O)NC(C)c2ccccc2)nc(NC2CC2)n1. The Morgan fingerprint density at radius 1 is 1.23 bits per heavy atom. The molecule has 0 spiro atoms. The predicted molar refractivity (Wildman–Crippen MR) is 85.7 cm³/mol. The van der Waals surface area contributed by atoms with Crippen molar-refractivity contribution >= 4 is 11.9 Å². The molecule has 1 aliphatic carbocycles. The molecule has 0 radical (unpaired) electrons. The summed E-state index contributed by atoms with van der Waals surface area (Å²) in [5.74, 6) is 0.362. The summed E-state index contributed by atoms with van der Waals surface area (Å²) >= 11 is 0. The van der Waals surface area contributed by atoms with Crippen molar-refractivity contribution in [3.05, 3.63) is 53.3 Å². The molecular formula is C17H20N4O. The second-order valence-corrected chi connectivity index (χ2v) is 5.74. The van der Waals surface area contributed by atoms with E-state index in [0.717, 1.165) is 24.1 Å². The molecule has 5 nitrogen and oxygen atoms in total. The van der Waals surface area contributed by atoms with Crippen molar-refractivity contribution in [2.45, 2.75) is 38.8 Å². The smallest absolute Gasteiger partial charge is 0.270 e. The van der Waals surface area contributed by atoms with Gasteiger partial charge in [0.2, 0.25) is 5.95 Å². The zero-order valence-corrected chi connectivity index (χ0v) is 12.8. The van der Waals surface area contributed by atoms with Gasteiger partial charge in [0, 0.05) is 11.7 Å². The largest absolute Gasteiger partial charge is 0.351 e. The van der Waals surface area contributed by atoms with E-state index in [4.69, 9.17) is 0 Å². The second kappa shape index (κ2) is 6.13. The van der Waals surface area contributed by atoms with Crippen LogP contribution in [-0.2, 0) is 0 Å². The van der Waals surface area contributed by atoms with Crippen LogP contribution in [0, 0.1) is 6.92 Å². The third-order valence-corrected chi connectivity index (χ3v) is 3.64. The molecule has 2 N–H and O–H groups in total. The molecule has 0 saturated heterocycles. The summed E-state index contributed by atoms with van der Waals surface area (Å²) < 4.78 is 0. The Balaban J connectivity index is 1.72. The summed E-state index contributed by atoms with van der Waals surface area (Å²) in [5, 5.41) is 6.21. The van der Waals surface area contributed by atoms with Crippen LogP contribution in [-0.4, -0.2) is 21.9 Å². The number of anilines is 1. The molecule has 22 heavy (non-hydrogen) atoms. The third-order valence-electron chi connectivity index (χ3n) is 3.64. The van der Waals surface area contributed by atoms with Gasteiger partial charge in [-0.3, -0.25) is 4.79 Å². The molecule has 1 heterocycles. The zero-order chi connectivity index (χ0) is 15.5. The minimum atomic E-state index is -0.180. The summed E-state index contributed by atoms with van der Waals surface area (Å²) in [6.45, 7) is 3.84. The number of amides is 1. The van der Waals surface area contributed by atoms with E-state index in [1.807, 2.05) is 44.2 Å². The number of rotatable bonds is 5. The number of nitrogens with one attached hydrogen (secondary N) is 2. The van der Waals surface area contributed by atoms with Crippen molar-refractivity contribution in [1.29, 1.82) is 0 Å². The van der Waals surface area contributed by atoms with E-state index >= 15 is 0 Å². The molecule has 1 aliphatic rings. The maximum atomic E-state index is 12.4. The summed E-state index contributed by atoms with van der Waals surface area (Å²) in [7, 11) is 0. The Kier molecular flexibility index (Phi) is 4.04. The van der Waals surface area contributed by atoms with E-state index < -0.39 is 0 Å². The maximum Gasteiger partial charge on any atom is 0.270 e. The van der Waals surface area contributed by atoms with Gasteiger partial charge >= 0.3 is 0 Å². The van der Waals surface area contributed by atoms with Crippen LogP contribution in [0.1, 0.15) is 47.6 Å². The molecule has 1 unspecified atom stereocenters. The first-order chi connectivity index (χ1) is 10.6. The Morgan fingerprint density at radius 3 is 2.64 bits per heavy atom. The molecule has 114 valence electrons. The summed E-state index contributed by atoms with van der Waals surface area (Å²) in [4.78, 5) is 21.1. The molecule has 1 saturated carbocycles. The molecule has 1 aromatic heterocycles. The molecule has 0 bridgehead atoms. The van der Waals surface area contributed by atoms with Gasteiger partial charge in [-0.2, -0.15) is 0 Å². The van der Waals surface area contributed by atoms with E-state index in [-0.39, 0.29) is 11.9 Å². The van der Waals surface area contributed by atoms with Crippen LogP contribution in [0.5, 0.6) is 0 Å². The lowest BCUT2D eigenvalue weighted by atomic mass is 10.1. The Bertz CT molecular complexity index is 668. The number of aromatic nitrogens is 2. The van der Waals surface area contributed by atoms with Gasteiger partial charge in [0.15, 0.2) is 0 Å². The minimum absolute atomic E-state index is 0.0659. The van der Waals surface area contributed by atoms with Crippen LogP contribution in [0.2, 0.25) is 0 Å². The van der Waals surface area contributed by atoms with Gasteiger partial charge in [-0.15, -0.1) is 0 Å². The second-order valence-electron chi connectivity index (χ2n) is 5.74. The minimum Gasteiger partial charge on any atom is -0.351 e. The zero-order valence-electron chi connectivity index (χ0n) is 12.8. The van der Waals surface area contributed by atoms with Crippen LogP contribution in [0.15, 0.2) is 36.4 Å². The summed E-state index contributed by atoms with van der Waals surface area (Å²) in [6, 6.07) is 12.0. The van der Waals surface area contributed by atoms with Crippen LogP contribution in [0.4, 0.5) is 5.95 Å². The number of benzene rings is 1. The van der Waals surface area contributed by atoms with Crippen LogP contribution >= 0.6 is 0 Å². The standard InChI is InChI=1S/C17H20N4O/c1-11-10-15(21-17(18-11)20-14-8-9-14)16(22)19-12(2)13-6-4-3-5-7-13/h3-7,10,12,14H,8-9H2,1-2H3,(H,19,22)(H,18,20,21). The van der Waals surface area contributed by atoms with E-state index in [1.54, 1.807) is 6.07 Å². The molecule has 1 atom stereocenters. The third kappa shape index (κ3) is 3.61. The average molecular weight is 296 g/mol. The van der Waals surface area contributed by atoms with E-state index in [2.05, 4.69) is 20.6 Å². The Morgan fingerprint density at radius 2 is 1.95 bits per heavy atom. The van der Waals surface area contributed by atoms with Gasteiger partial charge in [0.25, 0.3) is 5.91 Å². The first-order valence-corrected chi connectivity index (χ1v) is 7.60. The Labute approximate surface area is 130 Å². The quantitative estimate of drug-likeness (QED) is 0.890. The predicted octanol–water partition coefficient (Wildman–Crippen LogP) is 2.85. The van der Waals surface area contributed by atoms with Crippen LogP contribution in [0.3, 0.4) is 0 Å². The highest BCUT2D eigenvalue weighted by molar-refractivity contribution is 5.92. The maximum absolute atomic E-state index is 12.4.